The van der Waals surface area contributed by atoms with Crippen LogP contribution in [-0.2, 0) is 13.1 Å². The lowest BCUT2D eigenvalue weighted by atomic mass is 10.1. The summed E-state index contributed by atoms with van der Waals surface area (Å²) in [4.78, 5) is 0. The molecule has 2 rings (SSSR count). The van der Waals surface area contributed by atoms with Gasteiger partial charge < -0.3 is 16.0 Å². The van der Waals surface area contributed by atoms with Crippen LogP contribution in [0, 0.1) is 0 Å². The molecule has 1 aromatic carbocycles. The fourth-order valence-corrected chi connectivity index (χ4v) is 3.15. The number of hydrogen-bond acceptors (Lipinski definition) is 3. The second kappa shape index (κ2) is 12.5. The summed E-state index contributed by atoms with van der Waals surface area (Å²) in [6, 6.07) is 8.99. The summed E-state index contributed by atoms with van der Waals surface area (Å²) < 4.78 is 0. The van der Waals surface area contributed by atoms with Crippen LogP contribution in [-0.4, -0.2) is 26.2 Å². The molecule has 0 amide bonds. The fourth-order valence-electron chi connectivity index (χ4n) is 3.15. The monoisotopic (exact) mass is 317 g/mol. The number of hydrogen-bond donors (Lipinski definition) is 3. The van der Waals surface area contributed by atoms with Crippen molar-refractivity contribution in [3.05, 3.63) is 35.4 Å². The first-order chi connectivity index (χ1) is 11.4. The van der Waals surface area contributed by atoms with Gasteiger partial charge in [0.2, 0.25) is 0 Å². The van der Waals surface area contributed by atoms with Crippen LogP contribution < -0.4 is 16.0 Å². The van der Waals surface area contributed by atoms with Crippen molar-refractivity contribution in [1.29, 1.82) is 0 Å². The highest BCUT2D eigenvalue weighted by Crippen LogP contribution is 2.06. The van der Waals surface area contributed by atoms with E-state index in [0.717, 1.165) is 26.2 Å². The lowest BCUT2D eigenvalue weighted by Gasteiger charge is -2.09. The Balaban J connectivity index is 1.74. The minimum Gasteiger partial charge on any atom is -0.317 e. The minimum absolute atomic E-state index is 0.995. The third-order valence-electron chi connectivity index (χ3n) is 4.56. The van der Waals surface area contributed by atoms with E-state index in [-0.39, 0.29) is 0 Å². The lowest BCUT2D eigenvalue weighted by Crippen LogP contribution is -2.18. The van der Waals surface area contributed by atoms with Crippen molar-refractivity contribution in [2.45, 2.75) is 64.5 Å². The number of rotatable bonds is 0. The highest BCUT2D eigenvalue weighted by atomic mass is 14.9. The van der Waals surface area contributed by atoms with E-state index in [1.54, 1.807) is 0 Å². The van der Waals surface area contributed by atoms with Crippen molar-refractivity contribution in [2.24, 2.45) is 0 Å². The largest absolute Gasteiger partial charge is 0.317 e. The van der Waals surface area contributed by atoms with Gasteiger partial charge in [0.1, 0.15) is 0 Å². The maximum Gasteiger partial charge on any atom is 0.0205 e. The molecular weight excluding hydrogens is 282 g/mol. The summed E-state index contributed by atoms with van der Waals surface area (Å²) >= 11 is 0. The van der Waals surface area contributed by atoms with Gasteiger partial charge in [-0.2, -0.15) is 0 Å². The molecule has 0 saturated carbocycles. The van der Waals surface area contributed by atoms with Gasteiger partial charge in [0.15, 0.2) is 0 Å². The zero-order valence-corrected chi connectivity index (χ0v) is 14.7. The molecule has 3 heteroatoms. The van der Waals surface area contributed by atoms with Crippen molar-refractivity contribution in [2.75, 3.05) is 26.2 Å². The average molecular weight is 318 g/mol. The molecule has 3 N–H and O–H groups in total. The summed E-state index contributed by atoms with van der Waals surface area (Å²) in [7, 11) is 0. The van der Waals surface area contributed by atoms with Crippen molar-refractivity contribution in [3.63, 3.8) is 0 Å². The Labute approximate surface area is 142 Å². The number of benzene rings is 1. The number of fused-ring (bicyclic) bond motifs is 2. The van der Waals surface area contributed by atoms with E-state index in [2.05, 4.69) is 40.2 Å². The smallest absolute Gasteiger partial charge is 0.0205 e. The molecule has 2 bridgehead atoms. The Morgan fingerprint density at radius 3 is 1.43 bits per heavy atom. The second-order valence-electron chi connectivity index (χ2n) is 6.75. The van der Waals surface area contributed by atoms with Gasteiger partial charge in [0.25, 0.3) is 0 Å². The molecule has 0 atom stereocenters. The molecular formula is C20H35N3. The van der Waals surface area contributed by atoms with Crippen molar-refractivity contribution in [3.8, 4) is 0 Å². The van der Waals surface area contributed by atoms with Gasteiger partial charge in [0.05, 0.1) is 0 Å². The van der Waals surface area contributed by atoms with Crippen LogP contribution in [0.1, 0.15) is 62.5 Å². The van der Waals surface area contributed by atoms with Gasteiger partial charge in [-0.25, -0.2) is 0 Å². The molecule has 1 aliphatic rings. The fraction of sp³-hybridized carbons (Fsp3) is 0.700. The molecule has 0 radical (unpaired) electrons. The van der Waals surface area contributed by atoms with E-state index >= 15 is 0 Å². The SMILES string of the molecule is c1cc2cc(c1)CNCCCCCCNCCCCCCNC2. The molecule has 3 nitrogen and oxygen atoms in total. The van der Waals surface area contributed by atoms with Crippen LogP contribution >= 0.6 is 0 Å². The Morgan fingerprint density at radius 1 is 0.522 bits per heavy atom. The Morgan fingerprint density at radius 2 is 0.957 bits per heavy atom. The van der Waals surface area contributed by atoms with Crippen LogP contribution in [0.15, 0.2) is 24.3 Å². The average Bonchev–Trinajstić information content (AvgIpc) is 2.57. The van der Waals surface area contributed by atoms with Gasteiger partial charge in [-0.05, 0) is 63.0 Å². The highest BCUT2D eigenvalue weighted by molar-refractivity contribution is 5.23. The van der Waals surface area contributed by atoms with Gasteiger partial charge in [-0.3, -0.25) is 0 Å². The number of nitrogens with one attached hydrogen (secondary N) is 3. The van der Waals surface area contributed by atoms with Gasteiger partial charge in [-0.1, -0.05) is 49.9 Å². The normalized spacial score (nSPS) is 20.7. The third kappa shape index (κ3) is 9.09. The van der Waals surface area contributed by atoms with Crippen LogP contribution in [0.3, 0.4) is 0 Å². The predicted octanol–water partition coefficient (Wildman–Crippen LogP) is 3.59. The first-order valence-electron chi connectivity index (χ1n) is 9.65. The summed E-state index contributed by atoms with van der Waals surface area (Å²) in [5.41, 5.74) is 2.81. The third-order valence-corrected chi connectivity index (χ3v) is 4.56. The van der Waals surface area contributed by atoms with Gasteiger partial charge in [-0.15, -0.1) is 0 Å². The zero-order chi connectivity index (χ0) is 16.0. The van der Waals surface area contributed by atoms with Gasteiger partial charge in [0, 0.05) is 13.1 Å². The predicted molar refractivity (Wildman–Crippen MR) is 99.7 cm³/mol. The molecule has 1 heterocycles. The molecule has 0 aromatic heterocycles. The molecule has 130 valence electrons. The molecule has 0 saturated heterocycles. The molecule has 0 fully saturated rings. The Kier molecular flexibility index (Phi) is 10.0. The Bertz CT molecular complexity index is 372. The molecule has 0 spiro atoms. The maximum absolute atomic E-state index is 3.58. The molecule has 0 unspecified atom stereocenters. The minimum atomic E-state index is 0.995. The van der Waals surface area contributed by atoms with E-state index in [4.69, 9.17) is 0 Å². The molecule has 1 aromatic rings. The summed E-state index contributed by atoms with van der Waals surface area (Å²) in [6.45, 7) is 6.65. The van der Waals surface area contributed by atoms with E-state index in [1.807, 2.05) is 0 Å². The standard InChI is InChI=1S/C20H35N3/c1-3-7-14-22-17-19-10-9-11-20(16-19)18-23-15-8-4-2-6-13-21-12-5-1/h9-11,16,21-23H,1-8,12-15,17-18H2. The van der Waals surface area contributed by atoms with Crippen LogP contribution in [0.4, 0.5) is 0 Å². The summed E-state index contributed by atoms with van der Waals surface area (Å²) in [5.74, 6) is 0. The maximum atomic E-state index is 3.58. The highest BCUT2D eigenvalue weighted by Gasteiger charge is 1.98. The zero-order valence-electron chi connectivity index (χ0n) is 14.7. The van der Waals surface area contributed by atoms with Crippen LogP contribution in [0.25, 0.3) is 0 Å². The van der Waals surface area contributed by atoms with Crippen LogP contribution in [0.5, 0.6) is 0 Å². The van der Waals surface area contributed by atoms with E-state index in [0.29, 0.717) is 0 Å². The Hall–Kier alpha value is -0.900. The van der Waals surface area contributed by atoms with Crippen molar-refractivity contribution >= 4 is 0 Å². The van der Waals surface area contributed by atoms with Crippen molar-refractivity contribution < 1.29 is 0 Å². The first-order valence-corrected chi connectivity index (χ1v) is 9.65. The molecule has 1 aliphatic heterocycles. The quantitative estimate of drug-likeness (QED) is 0.684. The van der Waals surface area contributed by atoms with Crippen LogP contribution in [0.2, 0.25) is 0 Å². The van der Waals surface area contributed by atoms with E-state index in [1.165, 1.54) is 75.6 Å². The second-order valence-corrected chi connectivity index (χ2v) is 6.75. The van der Waals surface area contributed by atoms with E-state index in [9.17, 15) is 0 Å². The first kappa shape index (κ1) is 18.4. The molecule has 0 aliphatic carbocycles. The topological polar surface area (TPSA) is 36.1 Å². The van der Waals surface area contributed by atoms with Gasteiger partial charge >= 0.3 is 0 Å². The van der Waals surface area contributed by atoms with E-state index < -0.39 is 0 Å². The van der Waals surface area contributed by atoms with Crippen molar-refractivity contribution in [1.82, 2.24) is 16.0 Å². The lowest BCUT2D eigenvalue weighted by molar-refractivity contribution is 0.537. The molecule has 23 heavy (non-hydrogen) atoms. The summed E-state index contributed by atoms with van der Waals surface area (Å²) in [5, 5.41) is 10.7. The summed E-state index contributed by atoms with van der Waals surface area (Å²) in [6.07, 6.45) is 10.6.